The van der Waals surface area contributed by atoms with Crippen LogP contribution in [-0.2, 0) is 10.3 Å². The number of carbonyl (C=O) groups is 1. The Morgan fingerprint density at radius 3 is 1.69 bits per heavy atom. The van der Waals surface area contributed by atoms with Crippen molar-refractivity contribution < 1.29 is 74.5 Å². The zero-order chi connectivity index (χ0) is 28.6. The summed E-state index contributed by atoms with van der Waals surface area (Å²) in [5.74, 6) is -39.8. The molecular formula is C16H12F13NO4S2. The average Bonchev–Trinajstić information content (AvgIpc) is 2.67. The van der Waals surface area contributed by atoms with E-state index in [0.717, 1.165) is 16.9 Å². The Kier molecular flexibility index (Phi) is 8.84. The standard InChI is InChI=1S/C16H12F13NO4S2/c1-8-2-4-9(5-3-8)34-36(32,33)30-10(31)35-7-6-11(17,18)12(19,20)13(21,22)14(23,24)15(25,26)16(27,28)29/h2-5H,6-7H2,1H3,(H,30,31). The van der Waals surface area contributed by atoms with Crippen molar-refractivity contribution in [3.05, 3.63) is 29.8 Å². The van der Waals surface area contributed by atoms with Crippen LogP contribution in [0, 0.1) is 6.92 Å². The number of hydrogen-bond acceptors (Lipinski definition) is 5. The number of aryl methyl sites for hydroxylation is 1. The van der Waals surface area contributed by atoms with Gasteiger partial charge >= 0.3 is 46.1 Å². The lowest BCUT2D eigenvalue weighted by Gasteiger charge is -2.39. The molecule has 0 bridgehead atoms. The molecule has 1 N–H and O–H groups in total. The van der Waals surface area contributed by atoms with Gasteiger partial charge in [-0.1, -0.05) is 29.5 Å². The molecule has 1 rings (SSSR count). The molecule has 0 heterocycles. The smallest absolute Gasteiger partial charge is 0.367 e. The third kappa shape index (κ3) is 6.23. The Balaban J connectivity index is 2.92. The highest BCUT2D eigenvalue weighted by atomic mass is 32.2. The summed E-state index contributed by atoms with van der Waals surface area (Å²) in [6.07, 6.45) is -10.2. The predicted octanol–water partition coefficient (Wildman–Crippen LogP) is 6.19. The Bertz CT molecular complexity index is 1040. The van der Waals surface area contributed by atoms with Crippen LogP contribution in [0.25, 0.3) is 0 Å². The van der Waals surface area contributed by atoms with Gasteiger partial charge in [0.2, 0.25) is 0 Å². The van der Waals surface area contributed by atoms with Crippen molar-refractivity contribution in [2.24, 2.45) is 0 Å². The van der Waals surface area contributed by atoms with Crippen molar-refractivity contribution in [1.82, 2.24) is 4.72 Å². The number of alkyl halides is 13. The van der Waals surface area contributed by atoms with Crippen LogP contribution in [0.15, 0.2) is 24.3 Å². The normalized spacial score (nSPS) is 14.5. The van der Waals surface area contributed by atoms with E-state index in [1.807, 2.05) is 0 Å². The van der Waals surface area contributed by atoms with Gasteiger partial charge in [0.1, 0.15) is 5.75 Å². The van der Waals surface area contributed by atoms with Gasteiger partial charge in [-0.25, -0.2) is 4.72 Å². The Morgan fingerprint density at radius 1 is 0.806 bits per heavy atom. The molecular weight excluding hydrogens is 581 g/mol. The topological polar surface area (TPSA) is 72.5 Å². The lowest BCUT2D eigenvalue weighted by molar-refractivity contribution is -0.439. The van der Waals surface area contributed by atoms with Crippen molar-refractivity contribution >= 4 is 27.3 Å². The minimum Gasteiger partial charge on any atom is -0.367 e. The molecule has 0 atom stereocenters. The van der Waals surface area contributed by atoms with Crippen LogP contribution in [0.4, 0.5) is 61.9 Å². The molecule has 1 aromatic carbocycles. The molecule has 20 heteroatoms. The van der Waals surface area contributed by atoms with Crippen LogP contribution in [0.3, 0.4) is 0 Å². The fourth-order valence-corrected chi connectivity index (χ4v) is 3.80. The van der Waals surface area contributed by atoms with E-state index in [-0.39, 0.29) is 5.75 Å². The summed E-state index contributed by atoms with van der Waals surface area (Å²) >= 11 is -0.596. The Morgan fingerprint density at radius 2 is 1.25 bits per heavy atom. The van der Waals surface area contributed by atoms with E-state index >= 15 is 0 Å². The van der Waals surface area contributed by atoms with Gasteiger partial charge in [-0.15, -0.1) is 0 Å². The first-order chi connectivity index (χ1) is 15.8. The van der Waals surface area contributed by atoms with Gasteiger partial charge < -0.3 is 4.18 Å². The molecule has 1 aromatic rings. The molecule has 0 saturated carbocycles. The first-order valence-electron chi connectivity index (χ1n) is 8.74. The van der Waals surface area contributed by atoms with E-state index in [0.29, 0.717) is 5.56 Å². The number of rotatable bonds is 10. The van der Waals surface area contributed by atoms with Crippen molar-refractivity contribution in [2.75, 3.05) is 5.75 Å². The summed E-state index contributed by atoms with van der Waals surface area (Å²) in [5.41, 5.74) is 0.655. The zero-order valence-electron chi connectivity index (χ0n) is 17.1. The largest absolute Gasteiger partial charge is 0.460 e. The summed E-state index contributed by atoms with van der Waals surface area (Å²) in [6.45, 7) is 1.61. The molecule has 0 spiro atoms. The van der Waals surface area contributed by atoms with Crippen LogP contribution < -0.4 is 8.91 Å². The molecule has 0 aliphatic carbocycles. The van der Waals surface area contributed by atoms with Crippen molar-refractivity contribution in [3.8, 4) is 5.75 Å². The molecule has 0 fully saturated rings. The number of amides is 1. The molecule has 0 aliphatic heterocycles. The molecule has 1 amide bonds. The second kappa shape index (κ2) is 9.97. The first kappa shape index (κ1) is 31.9. The quantitative estimate of drug-likeness (QED) is 0.328. The predicted molar refractivity (Wildman–Crippen MR) is 97.1 cm³/mol. The monoisotopic (exact) mass is 593 g/mol. The minimum absolute atomic E-state index is 0.351. The number of carbonyl (C=O) groups excluding carboxylic acids is 1. The number of thioether (sulfide) groups is 1. The molecule has 0 unspecified atom stereocenters. The van der Waals surface area contributed by atoms with Gasteiger partial charge in [-0.3, -0.25) is 4.79 Å². The zero-order valence-corrected chi connectivity index (χ0v) is 18.7. The van der Waals surface area contributed by atoms with Crippen LogP contribution >= 0.6 is 11.8 Å². The second-order valence-electron chi connectivity index (χ2n) is 6.84. The summed E-state index contributed by atoms with van der Waals surface area (Å²) in [6, 6.07) is 4.97. The Labute approximate surface area is 197 Å². The minimum atomic E-state index is -8.03. The van der Waals surface area contributed by atoms with Crippen molar-refractivity contribution in [3.63, 3.8) is 0 Å². The maximum absolute atomic E-state index is 13.6. The molecule has 0 aliphatic rings. The molecule has 208 valence electrons. The van der Waals surface area contributed by atoms with Crippen LogP contribution in [0.2, 0.25) is 0 Å². The third-order valence-electron chi connectivity index (χ3n) is 4.08. The van der Waals surface area contributed by atoms with Crippen LogP contribution in [0.5, 0.6) is 5.75 Å². The van der Waals surface area contributed by atoms with E-state index in [1.165, 1.54) is 12.1 Å². The van der Waals surface area contributed by atoms with E-state index < -0.39 is 75.3 Å². The second-order valence-corrected chi connectivity index (χ2v) is 9.19. The van der Waals surface area contributed by atoms with Crippen LogP contribution in [0.1, 0.15) is 12.0 Å². The van der Waals surface area contributed by atoms with Gasteiger partial charge in [0.15, 0.2) is 0 Å². The highest BCUT2D eigenvalue weighted by molar-refractivity contribution is 8.14. The van der Waals surface area contributed by atoms with Gasteiger partial charge in [-0.2, -0.15) is 65.5 Å². The molecule has 0 aromatic heterocycles. The van der Waals surface area contributed by atoms with E-state index in [1.54, 1.807) is 6.92 Å². The summed E-state index contributed by atoms with van der Waals surface area (Å²) in [5, 5.41) is -1.82. The molecule has 5 nitrogen and oxygen atoms in total. The van der Waals surface area contributed by atoms with E-state index in [9.17, 15) is 70.3 Å². The van der Waals surface area contributed by atoms with Crippen molar-refractivity contribution in [2.45, 2.75) is 49.1 Å². The lowest BCUT2D eigenvalue weighted by atomic mass is 9.93. The summed E-state index contributed by atoms with van der Waals surface area (Å²) in [4.78, 5) is 11.5. The summed E-state index contributed by atoms with van der Waals surface area (Å²) in [7, 11) is -4.98. The van der Waals surface area contributed by atoms with Gasteiger partial charge in [0.25, 0.3) is 5.24 Å². The SMILES string of the molecule is Cc1ccc(OS(=O)(=O)NC(=O)SCCC(F)(F)C(F)(F)C(F)(F)C(F)(F)C(F)(F)C(F)(F)F)cc1. The fraction of sp³-hybridized carbons (Fsp3) is 0.562. The number of nitrogens with one attached hydrogen (secondary N) is 1. The molecule has 0 saturated heterocycles. The average molecular weight is 593 g/mol. The maximum Gasteiger partial charge on any atom is 0.460 e. The van der Waals surface area contributed by atoms with Crippen LogP contribution in [-0.4, -0.2) is 55.2 Å². The summed E-state index contributed by atoms with van der Waals surface area (Å²) < 4.78 is 198. The van der Waals surface area contributed by atoms with Gasteiger partial charge in [-0.05, 0) is 19.1 Å². The fourth-order valence-electron chi connectivity index (χ4n) is 2.10. The van der Waals surface area contributed by atoms with Gasteiger partial charge in [0.05, 0.1) is 0 Å². The highest BCUT2D eigenvalue weighted by Crippen LogP contribution is 2.60. The highest BCUT2D eigenvalue weighted by Gasteiger charge is 2.90. The van der Waals surface area contributed by atoms with Gasteiger partial charge in [0, 0.05) is 12.2 Å². The molecule has 36 heavy (non-hydrogen) atoms. The lowest BCUT2D eigenvalue weighted by Crippen LogP contribution is -2.70. The molecule has 0 radical (unpaired) electrons. The van der Waals surface area contributed by atoms with E-state index in [4.69, 9.17) is 0 Å². The number of halogens is 13. The third-order valence-corrected chi connectivity index (χ3v) is 5.83. The first-order valence-corrected chi connectivity index (χ1v) is 11.1. The maximum atomic E-state index is 13.6. The number of hydrogen-bond donors (Lipinski definition) is 1. The number of benzene rings is 1. The van der Waals surface area contributed by atoms with E-state index in [2.05, 4.69) is 4.18 Å². The Hall–Kier alpha value is -2.12. The van der Waals surface area contributed by atoms with Crippen molar-refractivity contribution in [1.29, 1.82) is 0 Å².